The normalized spacial score (nSPS) is 17.9. The molecule has 5 heterocycles. The van der Waals surface area contributed by atoms with Crippen molar-refractivity contribution in [1.82, 2.24) is 28.9 Å². The maximum atomic E-state index is 13.1. The van der Waals surface area contributed by atoms with Gasteiger partial charge in [0, 0.05) is 30.1 Å². The van der Waals surface area contributed by atoms with Gasteiger partial charge in [0.15, 0.2) is 11.5 Å². The Bertz CT molecular complexity index is 1630. The van der Waals surface area contributed by atoms with E-state index in [2.05, 4.69) is 18.0 Å². The second-order valence-corrected chi connectivity index (χ2v) is 11.5. The molecule has 10 heteroatoms. The Labute approximate surface area is 195 Å². The lowest BCUT2D eigenvalue weighted by Crippen LogP contribution is -2.39. The highest BCUT2D eigenvalue weighted by molar-refractivity contribution is 7.89. The molecule has 1 aliphatic heterocycles. The molecule has 1 saturated heterocycles. The van der Waals surface area contributed by atoms with E-state index in [1.807, 2.05) is 13.0 Å². The Morgan fingerprint density at radius 3 is 2.76 bits per heavy atom. The first kappa shape index (κ1) is 20.6. The van der Waals surface area contributed by atoms with Gasteiger partial charge in [-0.3, -0.25) is 0 Å². The SMILES string of the molecule is Cc1cc(C)c2c(n1)sc1c2ncn2nc([C@@H]3CCCN(S(=O)(=O)c4ccccc4)C3)nc12. The maximum Gasteiger partial charge on any atom is 0.243 e. The van der Waals surface area contributed by atoms with E-state index in [0.717, 1.165) is 50.2 Å². The summed E-state index contributed by atoms with van der Waals surface area (Å²) in [5.74, 6) is 0.597. The topological polar surface area (TPSA) is 93.4 Å². The van der Waals surface area contributed by atoms with E-state index < -0.39 is 10.0 Å². The number of fused-ring (bicyclic) bond motifs is 5. The zero-order valence-corrected chi connectivity index (χ0v) is 19.9. The molecule has 6 rings (SSSR count). The first-order valence-corrected chi connectivity index (χ1v) is 13.1. The second-order valence-electron chi connectivity index (χ2n) is 8.54. The highest BCUT2D eigenvalue weighted by Crippen LogP contribution is 2.36. The number of hydrogen-bond acceptors (Lipinski definition) is 7. The van der Waals surface area contributed by atoms with Crippen LogP contribution in [0.2, 0.25) is 0 Å². The molecule has 8 nitrogen and oxygen atoms in total. The van der Waals surface area contributed by atoms with E-state index in [0.29, 0.717) is 23.8 Å². The van der Waals surface area contributed by atoms with Crippen LogP contribution in [0, 0.1) is 13.8 Å². The van der Waals surface area contributed by atoms with Crippen LogP contribution in [-0.2, 0) is 10.0 Å². The van der Waals surface area contributed by atoms with Gasteiger partial charge in [0.2, 0.25) is 10.0 Å². The van der Waals surface area contributed by atoms with Crippen molar-refractivity contribution in [2.24, 2.45) is 0 Å². The molecule has 0 saturated carbocycles. The Hall–Kier alpha value is -2.95. The van der Waals surface area contributed by atoms with Crippen LogP contribution in [0.5, 0.6) is 0 Å². The number of aryl methyl sites for hydroxylation is 2. The van der Waals surface area contributed by atoms with Gasteiger partial charge >= 0.3 is 0 Å². The van der Waals surface area contributed by atoms with Crippen molar-refractivity contribution in [2.75, 3.05) is 13.1 Å². The Morgan fingerprint density at radius 1 is 1.12 bits per heavy atom. The molecule has 168 valence electrons. The van der Waals surface area contributed by atoms with Gasteiger partial charge in [0.25, 0.3) is 0 Å². The standard InChI is InChI=1S/C23H22N6O2S2/c1-14-11-15(2)25-23-18(14)19-20(32-23)22-26-21(27-29(22)13-24-19)16-7-6-10-28(12-16)33(30,31)17-8-4-3-5-9-17/h3-5,8-9,11,13,16H,6-7,10,12H2,1-2H3/t16-/m1/s1. The van der Waals surface area contributed by atoms with E-state index in [1.54, 1.807) is 50.8 Å². The Morgan fingerprint density at radius 2 is 1.94 bits per heavy atom. The molecule has 1 aromatic carbocycles. The van der Waals surface area contributed by atoms with Crippen LogP contribution in [-0.4, -0.2) is 50.4 Å². The number of hydrogen-bond donors (Lipinski definition) is 0. The first-order chi connectivity index (χ1) is 15.9. The van der Waals surface area contributed by atoms with Gasteiger partial charge < -0.3 is 0 Å². The van der Waals surface area contributed by atoms with Gasteiger partial charge in [-0.2, -0.15) is 4.31 Å². The molecule has 0 amide bonds. The fourth-order valence-electron chi connectivity index (χ4n) is 4.67. The first-order valence-electron chi connectivity index (χ1n) is 10.9. The number of aromatic nitrogens is 5. The summed E-state index contributed by atoms with van der Waals surface area (Å²) in [6.07, 6.45) is 3.31. The van der Waals surface area contributed by atoms with E-state index in [4.69, 9.17) is 15.1 Å². The largest absolute Gasteiger partial charge is 0.243 e. The number of rotatable bonds is 3. The summed E-state index contributed by atoms with van der Waals surface area (Å²) in [7, 11) is -3.54. The van der Waals surface area contributed by atoms with Gasteiger partial charge in [-0.05, 0) is 50.5 Å². The van der Waals surface area contributed by atoms with E-state index in [9.17, 15) is 8.42 Å². The predicted molar refractivity (Wildman–Crippen MR) is 128 cm³/mol. The maximum absolute atomic E-state index is 13.1. The minimum Gasteiger partial charge on any atom is -0.242 e. The molecule has 0 radical (unpaired) electrons. The summed E-state index contributed by atoms with van der Waals surface area (Å²) in [6.45, 7) is 4.95. The molecule has 33 heavy (non-hydrogen) atoms. The summed E-state index contributed by atoms with van der Waals surface area (Å²) in [5.41, 5.74) is 3.77. The smallest absolute Gasteiger partial charge is 0.242 e. The lowest BCUT2D eigenvalue weighted by molar-refractivity contribution is 0.309. The number of pyridine rings is 1. The highest BCUT2D eigenvalue weighted by atomic mass is 32.2. The number of piperidine rings is 1. The van der Waals surface area contributed by atoms with Crippen LogP contribution in [0.25, 0.3) is 26.1 Å². The van der Waals surface area contributed by atoms with Crippen LogP contribution in [0.15, 0.2) is 47.6 Å². The van der Waals surface area contributed by atoms with Crippen LogP contribution in [0.1, 0.15) is 35.8 Å². The average molecular weight is 479 g/mol. The molecule has 1 atom stereocenters. The molecule has 1 aliphatic rings. The van der Waals surface area contributed by atoms with Gasteiger partial charge in [0.05, 0.1) is 10.4 Å². The summed E-state index contributed by atoms with van der Waals surface area (Å²) in [5, 5.41) is 5.75. The van der Waals surface area contributed by atoms with Crippen LogP contribution < -0.4 is 0 Å². The number of sulfonamides is 1. The lowest BCUT2D eigenvalue weighted by atomic mass is 9.99. The lowest BCUT2D eigenvalue weighted by Gasteiger charge is -2.30. The molecule has 0 N–H and O–H groups in total. The van der Waals surface area contributed by atoms with E-state index in [-0.39, 0.29) is 5.92 Å². The quantitative estimate of drug-likeness (QED) is 0.388. The van der Waals surface area contributed by atoms with Gasteiger partial charge in [-0.15, -0.1) is 16.4 Å². The second kappa shape index (κ2) is 7.54. The zero-order valence-electron chi connectivity index (χ0n) is 18.3. The highest BCUT2D eigenvalue weighted by Gasteiger charge is 2.33. The molecule has 5 aromatic rings. The minimum absolute atomic E-state index is 0.0660. The van der Waals surface area contributed by atoms with Crippen molar-refractivity contribution in [3.63, 3.8) is 0 Å². The third-order valence-electron chi connectivity index (χ3n) is 6.24. The fourth-order valence-corrected chi connectivity index (χ4v) is 7.44. The van der Waals surface area contributed by atoms with Crippen molar-refractivity contribution in [3.05, 3.63) is 59.8 Å². The Kier molecular flexibility index (Phi) is 4.72. The minimum atomic E-state index is -3.54. The molecular formula is C23H22N6O2S2. The average Bonchev–Trinajstić information content (AvgIpc) is 3.41. The van der Waals surface area contributed by atoms with Gasteiger partial charge in [-0.25, -0.2) is 27.9 Å². The third-order valence-corrected chi connectivity index (χ3v) is 9.19. The molecular weight excluding hydrogens is 456 g/mol. The van der Waals surface area contributed by atoms with Gasteiger partial charge in [0.1, 0.15) is 15.9 Å². The summed E-state index contributed by atoms with van der Waals surface area (Å²) < 4.78 is 30.5. The van der Waals surface area contributed by atoms with Crippen molar-refractivity contribution < 1.29 is 8.42 Å². The van der Waals surface area contributed by atoms with Crippen LogP contribution in [0.3, 0.4) is 0 Å². The van der Waals surface area contributed by atoms with Crippen LogP contribution in [0.4, 0.5) is 0 Å². The molecule has 0 spiro atoms. The predicted octanol–water partition coefficient (Wildman–Crippen LogP) is 4.07. The van der Waals surface area contributed by atoms with E-state index in [1.165, 1.54) is 0 Å². The zero-order chi connectivity index (χ0) is 22.7. The van der Waals surface area contributed by atoms with Gasteiger partial charge in [-0.1, -0.05) is 18.2 Å². The Balaban J connectivity index is 1.40. The summed E-state index contributed by atoms with van der Waals surface area (Å²) in [6, 6.07) is 10.7. The molecule has 0 aliphatic carbocycles. The van der Waals surface area contributed by atoms with Crippen molar-refractivity contribution in [3.8, 4) is 0 Å². The molecule has 0 unspecified atom stereocenters. The number of benzene rings is 1. The number of thiophene rings is 1. The fraction of sp³-hybridized carbons (Fsp3) is 0.304. The van der Waals surface area contributed by atoms with Crippen LogP contribution >= 0.6 is 11.3 Å². The molecule has 1 fully saturated rings. The van der Waals surface area contributed by atoms with Crippen molar-refractivity contribution in [2.45, 2.75) is 37.5 Å². The molecule has 4 aromatic heterocycles. The number of nitrogens with zero attached hydrogens (tertiary/aromatic N) is 6. The molecule has 0 bridgehead atoms. The van der Waals surface area contributed by atoms with Crippen molar-refractivity contribution >= 4 is 47.4 Å². The van der Waals surface area contributed by atoms with E-state index >= 15 is 0 Å². The summed E-state index contributed by atoms with van der Waals surface area (Å²) in [4.78, 5) is 15.5. The monoisotopic (exact) mass is 478 g/mol. The summed E-state index contributed by atoms with van der Waals surface area (Å²) >= 11 is 1.58. The third kappa shape index (κ3) is 3.32. The van der Waals surface area contributed by atoms with Crippen molar-refractivity contribution in [1.29, 1.82) is 0 Å².